The molecule has 114 valence electrons. The molecule has 2 N–H and O–H groups in total. The van der Waals surface area contributed by atoms with Gasteiger partial charge in [-0.05, 0) is 12.8 Å². The van der Waals surface area contributed by atoms with Crippen LogP contribution in [0, 0.1) is 5.92 Å². The molecule has 1 aliphatic rings. The number of amides is 2. The second kappa shape index (κ2) is 6.33. The van der Waals surface area contributed by atoms with E-state index in [-0.39, 0.29) is 30.0 Å². The molecule has 1 unspecified atom stereocenters. The largest absolute Gasteiger partial charge is 0.476 e. The number of aromatic nitrogens is 3. The molecule has 1 aromatic heterocycles. The molecule has 2 heterocycles. The van der Waals surface area contributed by atoms with Gasteiger partial charge in [-0.25, -0.2) is 9.48 Å². The Balaban J connectivity index is 1.96. The number of nitrogens with zero attached hydrogens (tertiary/aromatic N) is 4. The first kappa shape index (κ1) is 14.9. The summed E-state index contributed by atoms with van der Waals surface area (Å²) in [5.41, 5.74) is -0.204. The number of hydrogen-bond donors (Lipinski definition) is 2. The first-order valence-corrected chi connectivity index (χ1v) is 6.64. The zero-order valence-corrected chi connectivity index (χ0v) is 11.7. The Morgan fingerprint density at radius 2 is 2.24 bits per heavy atom. The van der Waals surface area contributed by atoms with Gasteiger partial charge in [0.25, 0.3) is 0 Å². The van der Waals surface area contributed by atoms with Crippen LogP contribution in [-0.2, 0) is 16.1 Å². The Morgan fingerprint density at radius 3 is 2.86 bits per heavy atom. The normalized spacial score (nSPS) is 18.3. The summed E-state index contributed by atoms with van der Waals surface area (Å²) in [6.07, 6.45) is 2.73. The van der Waals surface area contributed by atoms with Crippen molar-refractivity contribution in [1.29, 1.82) is 0 Å². The minimum atomic E-state index is -1.19. The molecule has 1 fully saturated rings. The molecule has 2 amide bonds. The topological polar surface area (TPSA) is 117 Å². The summed E-state index contributed by atoms with van der Waals surface area (Å²) in [6.45, 7) is 0.881. The predicted octanol–water partition coefficient (Wildman–Crippen LogP) is -1.04. The highest BCUT2D eigenvalue weighted by atomic mass is 16.4. The summed E-state index contributed by atoms with van der Waals surface area (Å²) < 4.78 is 1.19. The highest BCUT2D eigenvalue weighted by Gasteiger charge is 2.28. The molecule has 9 heteroatoms. The number of carbonyl (C=O) groups is 3. The molecule has 21 heavy (non-hydrogen) atoms. The van der Waals surface area contributed by atoms with E-state index < -0.39 is 5.97 Å². The van der Waals surface area contributed by atoms with Crippen LogP contribution < -0.4 is 5.32 Å². The number of carboxylic acids is 1. The molecule has 1 aromatic rings. The van der Waals surface area contributed by atoms with Gasteiger partial charge in [0.05, 0.1) is 12.1 Å². The van der Waals surface area contributed by atoms with E-state index in [1.807, 2.05) is 0 Å². The molecule has 0 radical (unpaired) electrons. The number of rotatable bonds is 4. The fourth-order valence-corrected chi connectivity index (χ4v) is 2.33. The second-order valence-electron chi connectivity index (χ2n) is 4.90. The Hall–Kier alpha value is -2.45. The van der Waals surface area contributed by atoms with Gasteiger partial charge in [-0.2, -0.15) is 0 Å². The summed E-state index contributed by atoms with van der Waals surface area (Å²) >= 11 is 0. The van der Waals surface area contributed by atoms with E-state index in [1.165, 1.54) is 10.9 Å². The lowest BCUT2D eigenvalue weighted by Gasteiger charge is -2.31. The molecule has 9 nitrogen and oxygen atoms in total. The van der Waals surface area contributed by atoms with E-state index in [0.717, 1.165) is 12.8 Å². The quantitative estimate of drug-likeness (QED) is 0.732. The highest BCUT2D eigenvalue weighted by molar-refractivity contribution is 5.85. The van der Waals surface area contributed by atoms with Gasteiger partial charge >= 0.3 is 5.97 Å². The first-order chi connectivity index (χ1) is 10.0. The molecular formula is C12H17N5O4. The average molecular weight is 295 g/mol. The summed E-state index contributed by atoms with van der Waals surface area (Å²) in [4.78, 5) is 36.1. The number of likely N-dealkylation sites (tertiary alicyclic amines) is 1. The summed E-state index contributed by atoms with van der Waals surface area (Å²) in [5, 5.41) is 18.4. The van der Waals surface area contributed by atoms with Crippen molar-refractivity contribution in [3.05, 3.63) is 11.9 Å². The fraction of sp³-hybridized carbons (Fsp3) is 0.583. The summed E-state index contributed by atoms with van der Waals surface area (Å²) in [6, 6.07) is 0. The van der Waals surface area contributed by atoms with E-state index in [0.29, 0.717) is 13.1 Å². The smallest absolute Gasteiger partial charge is 0.358 e. The number of carbonyl (C=O) groups excluding carboxylic acids is 2. The van der Waals surface area contributed by atoms with Crippen molar-refractivity contribution in [2.24, 2.45) is 5.92 Å². The maximum atomic E-state index is 12.2. The molecule has 0 spiro atoms. The molecule has 2 rings (SSSR count). The fourth-order valence-electron chi connectivity index (χ4n) is 2.33. The third-order valence-corrected chi connectivity index (χ3v) is 3.45. The average Bonchev–Trinajstić information content (AvgIpc) is 2.95. The molecule has 1 aliphatic heterocycles. The van der Waals surface area contributed by atoms with E-state index >= 15 is 0 Å². The van der Waals surface area contributed by atoms with Gasteiger partial charge in [-0.1, -0.05) is 5.21 Å². The lowest BCUT2D eigenvalue weighted by molar-refractivity contribution is -0.136. The maximum absolute atomic E-state index is 12.2. The third-order valence-electron chi connectivity index (χ3n) is 3.45. The number of piperidine rings is 1. The molecule has 1 atom stereocenters. The van der Waals surface area contributed by atoms with Gasteiger partial charge in [0, 0.05) is 20.1 Å². The molecule has 1 saturated heterocycles. The van der Waals surface area contributed by atoms with Crippen molar-refractivity contribution >= 4 is 17.8 Å². The van der Waals surface area contributed by atoms with E-state index in [4.69, 9.17) is 5.11 Å². The molecule has 0 aliphatic carbocycles. The van der Waals surface area contributed by atoms with Crippen molar-refractivity contribution < 1.29 is 19.5 Å². The van der Waals surface area contributed by atoms with Gasteiger partial charge in [-0.3, -0.25) is 9.59 Å². The second-order valence-corrected chi connectivity index (χ2v) is 4.90. The van der Waals surface area contributed by atoms with Gasteiger partial charge in [0.15, 0.2) is 5.69 Å². The van der Waals surface area contributed by atoms with Crippen molar-refractivity contribution in [3.8, 4) is 0 Å². The molecular weight excluding hydrogens is 278 g/mol. The molecule has 0 aromatic carbocycles. The van der Waals surface area contributed by atoms with Crippen molar-refractivity contribution in [2.75, 3.05) is 20.1 Å². The Kier molecular flexibility index (Phi) is 4.51. The maximum Gasteiger partial charge on any atom is 0.358 e. The minimum Gasteiger partial charge on any atom is -0.476 e. The Bertz CT molecular complexity index is 556. The lowest BCUT2D eigenvalue weighted by atomic mass is 9.97. The Labute approximate surface area is 120 Å². The first-order valence-electron chi connectivity index (χ1n) is 6.64. The molecule has 0 saturated carbocycles. The minimum absolute atomic E-state index is 0.0681. The van der Waals surface area contributed by atoms with Crippen LogP contribution in [0.25, 0.3) is 0 Å². The van der Waals surface area contributed by atoms with Crippen LogP contribution in [0.4, 0.5) is 0 Å². The lowest BCUT2D eigenvalue weighted by Crippen LogP contribution is -2.45. The van der Waals surface area contributed by atoms with E-state index in [2.05, 4.69) is 15.6 Å². The van der Waals surface area contributed by atoms with Crippen LogP contribution in [0.3, 0.4) is 0 Å². The van der Waals surface area contributed by atoms with Gasteiger partial charge in [-0.15, -0.1) is 5.10 Å². The van der Waals surface area contributed by atoms with Crippen LogP contribution in [0.2, 0.25) is 0 Å². The zero-order valence-electron chi connectivity index (χ0n) is 11.7. The van der Waals surface area contributed by atoms with Crippen LogP contribution in [0.5, 0.6) is 0 Å². The van der Waals surface area contributed by atoms with Crippen LogP contribution in [-0.4, -0.2) is 62.9 Å². The van der Waals surface area contributed by atoms with Crippen LogP contribution in [0.1, 0.15) is 23.3 Å². The van der Waals surface area contributed by atoms with Gasteiger partial charge in [0.1, 0.15) is 6.54 Å². The number of nitrogens with one attached hydrogen (secondary N) is 1. The highest BCUT2D eigenvalue weighted by Crippen LogP contribution is 2.16. The SMILES string of the molecule is CNC(=O)C1CCCN(C(=O)Cn2cc(C(=O)O)nn2)C1. The third kappa shape index (κ3) is 3.56. The summed E-state index contributed by atoms with van der Waals surface area (Å²) in [5.74, 6) is -1.66. The number of carboxylic acid groups (broad SMARTS) is 1. The van der Waals surface area contributed by atoms with Gasteiger partial charge in [0.2, 0.25) is 11.8 Å². The standard InChI is InChI=1S/C12H17N5O4/c1-13-11(19)8-3-2-4-16(5-8)10(18)7-17-6-9(12(20)21)14-15-17/h6,8H,2-5,7H2,1H3,(H,13,19)(H,20,21). The zero-order chi connectivity index (χ0) is 15.4. The molecule has 0 bridgehead atoms. The van der Waals surface area contributed by atoms with Crippen LogP contribution in [0.15, 0.2) is 6.20 Å². The number of hydrogen-bond acceptors (Lipinski definition) is 5. The predicted molar refractivity (Wildman–Crippen MR) is 70.4 cm³/mol. The van der Waals surface area contributed by atoms with Gasteiger partial charge < -0.3 is 15.3 Å². The number of aromatic carboxylic acids is 1. The van der Waals surface area contributed by atoms with E-state index in [9.17, 15) is 14.4 Å². The summed E-state index contributed by atoms with van der Waals surface area (Å²) in [7, 11) is 1.58. The monoisotopic (exact) mass is 295 g/mol. The van der Waals surface area contributed by atoms with Crippen molar-refractivity contribution in [2.45, 2.75) is 19.4 Å². The van der Waals surface area contributed by atoms with Crippen LogP contribution >= 0.6 is 0 Å². The Morgan fingerprint density at radius 1 is 1.48 bits per heavy atom. The van der Waals surface area contributed by atoms with Crippen molar-refractivity contribution in [1.82, 2.24) is 25.2 Å². The van der Waals surface area contributed by atoms with Crippen molar-refractivity contribution in [3.63, 3.8) is 0 Å². The van der Waals surface area contributed by atoms with E-state index in [1.54, 1.807) is 11.9 Å².